The van der Waals surface area contributed by atoms with Gasteiger partial charge in [0.05, 0.1) is 5.69 Å². The fourth-order valence-corrected chi connectivity index (χ4v) is 3.24. The van der Waals surface area contributed by atoms with Crippen molar-refractivity contribution in [1.82, 2.24) is 0 Å². The largest absolute Gasteiger partial charge is 0.295 e. The molecule has 0 amide bonds. The van der Waals surface area contributed by atoms with Gasteiger partial charge in [0.25, 0.3) is 0 Å². The summed E-state index contributed by atoms with van der Waals surface area (Å²) in [7, 11) is 0. The Balaban J connectivity index is 1.89. The Morgan fingerprint density at radius 1 is 0.821 bits per heavy atom. The molecule has 3 aromatic carbocycles. The van der Waals surface area contributed by atoms with E-state index in [-0.39, 0.29) is 23.3 Å². The predicted octanol–water partition coefficient (Wildman–Crippen LogP) is 4.89. The third-order valence-corrected chi connectivity index (χ3v) is 4.52. The monoisotopic (exact) mass is 377 g/mol. The first-order chi connectivity index (χ1) is 13.5. The van der Waals surface area contributed by atoms with Crippen molar-refractivity contribution in [3.8, 4) is 0 Å². The SMILES string of the molecule is CC(=O)C1=NN(c2ccccc2)C(c2ccc(F)cc2)N1c1ccc(F)cc1. The maximum absolute atomic E-state index is 13.5. The first kappa shape index (κ1) is 17.9. The van der Waals surface area contributed by atoms with E-state index in [4.69, 9.17) is 0 Å². The number of Topliss-reactive ketones (excluding diaryl/α,β-unsaturated/α-hetero) is 1. The van der Waals surface area contributed by atoms with Crippen molar-refractivity contribution >= 4 is 23.0 Å². The van der Waals surface area contributed by atoms with Crippen LogP contribution in [0.15, 0.2) is 84.0 Å². The molecule has 1 heterocycles. The average Bonchev–Trinajstić information content (AvgIpc) is 3.11. The first-order valence-electron chi connectivity index (χ1n) is 8.79. The quantitative estimate of drug-likeness (QED) is 0.649. The summed E-state index contributed by atoms with van der Waals surface area (Å²) >= 11 is 0. The number of amidine groups is 1. The van der Waals surface area contributed by atoms with Gasteiger partial charge < -0.3 is 0 Å². The summed E-state index contributed by atoms with van der Waals surface area (Å²) < 4.78 is 27.0. The first-order valence-corrected chi connectivity index (χ1v) is 8.79. The molecule has 1 unspecified atom stereocenters. The van der Waals surface area contributed by atoms with Gasteiger partial charge in [0.15, 0.2) is 17.8 Å². The number of benzene rings is 3. The van der Waals surface area contributed by atoms with Crippen molar-refractivity contribution in [3.05, 3.63) is 96.1 Å². The normalized spacial score (nSPS) is 16.2. The number of hydrogen-bond acceptors (Lipinski definition) is 4. The van der Waals surface area contributed by atoms with Gasteiger partial charge >= 0.3 is 0 Å². The fourth-order valence-electron chi connectivity index (χ4n) is 3.24. The van der Waals surface area contributed by atoms with Crippen LogP contribution in [-0.2, 0) is 4.79 Å². The van der Waals surface area contributed by atoms with Crippen LogP contribution in [0.25, 0.3) is 0 Å². The van der Waals surface area contributed by atoms with E-state index < -0.39 is 6.17 Å². The maximum atomic E-state index is 13.5. The second-order valence-corrected chi connectivity index (χ2v) is 6.43. The zero-order chi connectivity index (χ0) is 19.7. The molecule has 3 aromatic rings. The smallest absolute Gasteiger partial charge is 0.198 e. The second kappa shape index (κ2) is 7.23. The molecular weight excluding hydrogens is 360 g/mol. The van der Waals surface area contributed by atoms with E-state index in [1.54, 1.807) is 34.2 Å². The van der Waals surface area contributed by atoms with Gasteiger partial charge in [-0.2, -0.15) is 0 Å². The third kappa shape index (κ3) is 3.24. The highest BCUT2D eigenvalue weighted by atomic mass is 19.1. The van der Waals surface area contributed by atoms with Gasteiger partial charge in [-0.25, -0.2) is 13.8 Å². The van der Waals surface area contributed by atoms with Crippen molar-refractivity contribution < 1.29 is 13.6 Å². The van der Waals surface area contributed by atoms with E-state index in [9.17, 15) is 13.6 Å². The van der Waals surface area contributed by atoms with Crippen LogP contribution in [0.1, 0.15) is 18.7 Å². The van der Waals surface area contributed by atoms with E-state index in [0.717, 1.165) is 11.3 Å². The highest BCUT2D eigenvalue weighted by Gasteiger charge is 2.39. The molecule has 0 saturated heterocycles. The number of hydrazone groups is 1. The number of nitrogens with zero attached hydrogens (tertiary/aromatic N) is 3. The lowest BCUT2D eigenvalue weighted by molar-refractivity contribution is -0.111. The van der Waals surface area contributed by atoms with Gasteiger partial charge in [-0.3, -0.25) is 9.69 Å². The Kier molecular flexibility index (Phi) is 4.61. The topological polar surface area (TPSA) is 35.9 Å². The summed E-state index contributed by atoms with van der Waals surface area (Å²) in [5.41, 5.74) is 2.14. The lowest BCUT2D eigenvalue weighted by atomic mass is 10.1. The van der Waals surface area contributed by atoms with Crippen LogP contribution in [-0.4, -0.2) is 11.6 Å². The summed E-state index contributed by atoms with van der Waals surface area (Å²) in [4.78, 5) is 14.1. The molecular formula is C22H17F2N3O. The zero-order valence-corrected chi connectivity index (χ0v) is 15.1. The van der Waals surface area contributed by atoms with E-state index in [2.05, 4.69) is 5.10 Å². The van der Waals surface area contributed by atoms with E-state index in [1.165, 1.54) is 31.2 Å². The number of carbonyl (C=O) groups excluding carboxylic acids is 1. The summed E-state index contributed by atoms with van der Waals surface area (Å²) in [6.45, 7) is 1.44. The summed E-state index contributed by atoms with van der Waals surface area (Å²) in [5, 5.41) is 6.27. The van der Waals surface area contributed by atoms with Crippen LogP contribution in [0.5, 0.6) is 0 Å². The number of carbonyl (C=O) groups is 1. The summed E-state index contributed by atoms with van der Waals surface area (Å²) in [6.07, 6.45) is -0.521. The van der Waals surface area contributed by atoms with Crippen molar-refractivity contribution in [1.29, 1.82) is 0 Å². The molecule has 28 heavy (non-hydrogen) atoms. The number of anilines is 2. The number of ketones is 1. The van der Waals surface area contributed by atoms with Gasteiger partial charge in [-0.1, -0.05) is 30.3 Å². The standard InChI is InChI=1S/C22H17F2N3O/c1-15(28)21-25-27(20-5-3-2-4-6-20)22(16-7-9-17(23)10-8-16)26(21)19-13-11-18(24)12-14-19/h2-14,22H,1H3. The average molecular weight is 377 g/mol. The predicted molar refractivity (Wildman–Crippen MR) is 105 cm³/mol. The minimum Gasteiger partial charge on any atom is -0.295 e. The molecule has 1 aliphatic heterocycles. The fraction of sp³-hybridized carbons (Fsp3) is 0.0909. The molecule has 6 heteroatoms. The van der Waals surface area contributed by atoms with Crippen LogP contribution >= 0.6 is 0 Å². The number of halogens is 2. The van der Waals surface area contributed by atoms with Gasteiger partial charge in [-0.05, 0) is 54.1 Å². The molecule has 0 fully saturated rings. The summed E-state index contributed by atoms with van der Waals surface area (Å²) in [6, 6.07) is 21.3. The highest BCUT2D eigenvalue weighted by Crippen LogP contribution is 2.39. The van der Waals surface area contributed by atoms with Gasteiger partial charge in [0, 0.05) is 12.6 Å². The van der Waals surface area contributed by atoms with Crippen molar-refractivity contribution in [2.45, 2.75) is 13.1 Å². The van der Waals surface area contributed by atoms with Crippen LogP contribution in [0.2, 0.25) is 0 Å². The lowest BCUT2D eigenvalue weighted by Crippen LogP contribution is -2.37. The number of hydrogen-bond donors (Lipinski definition) is 0. The molecule has 0 radical (unpaired) electrons. The lowest BCUT2D eigenvalue weighted by Gasteiger charge is -2.32. The van der Waals surface area contributed by atoms with E-state index >= 15 is 0 Å². The van der Waals surface area contributed by atoms with Gasteiger partial charge in [0.2, 0.25) is 0 Å². The summed E-state index contributed by atoms with van der Waals surface area (Å²) in [5.74, 6) is -0.726. The van der Waals surface area contributed by atoms with Crippen LogP contribution < -0.4 is 9.91 Å². The van der Waals surface area contributed by atoms with Gasteiger partial charge in [-0.15, -0.1) is 5.10 Å². The Bertz CT molecular complexity index is 1020. The Morgan fingerprint density at radius 3 is 1.96 bits per heavy atom. The van der Waals surface area contributed by atoms with Crippen molar-refractivity contribution in [2.75, 3.05) is 9.91 Å². The van der Waals surface area contributed by atoms with Crippen LogP contribution in [0.3, 0.4) is 0 Å². The highest BCUT2D eigenvalue weighted by molar-refractivity contribution is 6.44. The molecule has 1 atom stereocenters. The van der Waals surface area contributed by atoms with Crippen LogP contribution in [0.4, 0.5) is 20.2 Å². The molecule has 0 spiro atoms. The van der Waals surface area contributed by atoms with E-state index in [0.29, 0.717) is 5.69 Å². The molecule has 1 aliphatic rings. The van der Waals surface area contributed by atoms with Crippen LogP contribution in [0, 0.1) is 11.6 Å². The molecule has 0 aliphatic carbocycles. The molecule has 0 saturated carbocycles. The number of rotatable bonds is 4. The van der Waals surface area contributed by atoms with Crippen molar-refractivity contribution in [2.24, 2.45) is 5.10 Å². The maximum Gasteiger partial charge on any atom is 0.198 e. The second-order valence-electron chi connectivity index (χ2n) is 6.43. The minimum absolute atomic E-state index is 0.227. The number of para-hydroxylation sites is 1. The Labute approximate surface area is 161 Å². The third-order valence-electron chi connectivity index (χ3n) is 4.52. The van der Waals surface area contributed by atoms with Gasteiger partial charge in [0.1, 0.15) is 11.6 Å². The Morgan fingerprint density at radius 2 is 1.39 bits per heavy atom. The molecule has 0 bridgehead atoms. The molecule has 0 N–H and O–H groups in total. The molecule has 4 rings (SSSR count). The minimum atomic E-state index is -0.521. The molecule has 4 nitrogen and oxygen atoms in total. The molecule has 0 aromatic heterocycles. The Hall–Kier alpha value is -3.54. The van der Waals surface area contributed by atoms with Crippen molar-refractivity contribution in [3.63, 3.8) is 0 Å². The van der Waals surface area contributed by atoms with E-state index in [1.807, 2.05) is 30.3 Å². The molecule has 140 valence electrons. The zero-order valence-electron chi connectivity index (χ0n) is 15.1.